The van der Waals surface area contributed by atoms with Crippen molar-refractivity contribution in [3.05, 3.63) is 60.8 Å². The first-order chi connectivity index (χ1) is 8.91. The molecule has 0 amide bonds. The Balaban J connectivity index is 2.76. The molecule has 0 bridgehead atoms. The van der Waals surface area contributed by atoms with E-state index in [2.05, 4.69) is 0 Å². The van der Waals surface area contributed by atoms with Crippen molar-refractivity contribution in [2.24, 2.45) is 0 Å². The lowest BCUT2D eigenvalue weighted by Gasteiger charge is -2.06. The van der Waals surface area contributed by atoms with E-state index >= 15 is 0 Å². The highest BCUT2D eigenvalue weighted by Gasteiger charge is 2.17. The summed E-state index contributed by atoms with van der Waals surface area (Å²) in [5, 5.41) is 8.66. The smallest absolute Gasteiger partial charge is 0.354 e. The second kappa shape index (κ2) is 4.91. The molecule has 0 aliphatic rings. The van der Waals surface area contributed by atoms with E-state index in [0.29, 0.717) is 5.02 Å². The molecule has 0 spiro atoms. The number of halogens is 2. The zero-order valence-electron chi connectivity index (χ0n) is 9.18. The van der Waals surface area contributed by atoms with Crippen LogP contribution in [0.25, 0.3) is 5.69 Å². The predicted octanol–water partition coefficient (Wildman–Crippen LogP) is 1.53. The molecule has 2 N–H and O–H groups in total. The second-order valence-electron chi connectivity index (χ2n) is 3.54. The Morgan fingerprint density at radius 2 is 1.74 bits per heavy atom. The highest BCUT2D eigenvalue weighted by atomic mass is 35.5. The third-order valence-corrected chi connectivity index (χ3v) is 2.95. The summed E-state index contributed by atoms with van der Waals surface area (Å²) in [5.74, 6) is -1.48. The number of hydrogen-bond acceptors (Lipinski definition) is 3. The molecule has 0 atom stereocenters. The van der Waals surface area contributed by atoms with Crippen LogP contribution in [0.5, 0.6) is 0 Å². The van der Waals surface area contributed by atoms with Crippen LogP contribution in [0.2, 0.25) is 10.0 Å². The molecule has 0 unspecified atom stereocenters. The highest BCUT2D eigenvalue weighted by molar-refractivity contribution is 6.33. The van der Waals surface area contributed by atoms with Gasteiger partial charge < -0.3 is 5.11 Å². The molecule has 0 saturated heterocycles. The monoisotopic (exact) mass is 300 g/mol. The lowest BCUT2D eigenvalue weighted by molar-refractivity contribution is 0.0689. The van der Waals surface area contributed by atoms with Gasteiger partial charge in [0.1, 0.15) is 5.02 Å². The van der Waals surface area contributed by atoms with Crippen molar-refractivity contribution in [3.8, 4) is 5.69 Å². The van der Waals surface area contributed by atoms with Crippen LogP contribution in [0.3, 0.4) is 0 Å². The van der Waals surface area contributed by atoms with Gasteiger partial charge in [0.15, 0.2) is 5.69 Å². The number of aromatic nitrogens is 2. The average molecular weight is 301 g/mol. The molecular weight excluding hydrogens is 295 g/mol. The summed E-state index contributed by atoms with van der Waals surface area (Å²) in [7, 11) is 0. The van der Waals surface area contributed by atoms with E-state index in [0.717, 1.165) is 4.57 Å². The number of carboxylic acids is 1. The summed E-state index contributed by atoms with van der Waals surface area (Å²) < 4.78 is 0.727. The molecule has 6 nitrogen and oxygen atoms in total. The third kappa shape index (κ3) is 2.40. The summed E-state index contributed by atoms with van der Waals surface area (Å²) in [4.78, 5) is 36.5. The molecule has 98 valence electrons. The first kappa shape index (κ1) is 13.4. The van der Waals surface area contributed by atoms with Crippen molar-refractivity contribution in [1.29, 1.82) is 0 Å². The SMILES string of the molecule is O=C(O)c1[nH]c(=O)n(-c2ccc(Cl)cc2)c(=O)c1Cl. The zero-order chi connectivity index (χ0) is 14.2. The minimum Gasteiger partial charge on any atom is -0.477 e. The van der Waals surface area contributed by atoms with Crippen molar-refractivity contribution in [3.63, 3.8) is 0 Å². The molecule has 2 aromatic rings. The van der Waals surface area contributed by atoms with Gasteiger partial charge in [-0.1, -0.05) is 23.2 Å². The van der Waals surface area contributed by atoms with Gasteiger partial charge in [0, 0.05) is 5.02 Å². The zero-order valence-corrected chi connectivity index (χ0v) is 10.7. The van der Waals surface area contributed by atoms with Crippen LogP contribution in [0.4, 0.5) is 0 Å². The molecule has 8 heteroatoms. The molecule has 2 rings (SSSR count). The largest absolute Gasteiger partial charge is 0.477 e. The number of nitrogens with zero attached hydrogens (tertiary/aromatic N) is 1. The topological polar surface area (TPSA) is 92.2 Å². The Bertz CT molecular complexity index is 762. The normalized spacial score (nSPS) is 10.4. The van der Waals surface area contributed by atoms with E-state index in [-0.39, 0.29) is 5.69 Å². The number of benzene rings is 1. The van der Waals surface area contributed by atoms with Crippen molar-refractivity contribution in [2.45, 2.75) is 0 Å². The molecule has 0 aliphatic heterocycles. The number of H-pyrrole nitrogens is 1. The number of nitrogens with one attached hydrogen (secondary N) is 1. The molecular formula is C11H6Cl2N2O4. The van der Waals surface area contributed by atoms with Crippen LogP contribution >= 0.6 is 23.2 Å². The van der Waals surface area contributed by atoms with Crippen molar-refractivity contribution < 1.29 is 9.90 Å². The summed E-state index contributed by atoms with van der Waals surface area (Å²) in [6, 6.07) is 5.86. The molecule has 1 aromatic carbocycles. The van der Waals surface area contributed by atoms with Gasteiger partial charge in [-0.05, 0) is 24.3 Å². The number of aromatic amines is 1. The number of hydrogen-bond donors (Lipinski definition) is 2. The number of rotatable bonds is 2. The van der Waals surface area contributed by atoms with E-state index in [1.54, 1.807) is 0 Å². The molecule has 0 aliphatic carbocycles. The standard InChI is InChI=1S/C11H6Cl2N2O4/c12-5-1-3-6(4-2-5)15-9(16)7(13)8(10(17)18)14-11(15)19/h1-4H,(H,14,19)(H,17,18). The Hall–Kier alpha value is -2.05. The van der Waals surface area contributed by atoms with Gasteiger partial charge in [0.25, 0.3) is 5.56 Å². The molecule has 0 saturated carbocycles. The number of carbonyl (C=O) groups is 1. The average Bonchev–Trinajstić information content (AvgIpc) is 2.36. The third-order valence-electron chi connectivity index (χ3n) is 2.34. The van der Waals surface area contributed by atoms with E-state index in [9.17, 15) is 14.4 Å². The van der Waals surface area contributed by atoms with Crippen molar-refractivity contribution in [1.82, 2.24) is 9.55 Å². The van der Waals surface area contributed by atoms with Crippen LogP contribution in [0.1, 0.15) is 10.5 Å². The minimum atomic E-state index is -1.48. The van der Waals surface area contributed by atoms with E-state index < -0.39 is 27.9 Å². The maximum Gasteiger partial charge on any atom is 0.354 e. The van der Waals surface area contributed by atoms with Crippen molar-refractivity contribution in [2.75, 3.05) is 0 Å². The molecule has 1 heterocycles. The summed E-state index contributed by atoms with van der Waals surface area (Å²) >= 11 is 11.3. The van der Waals surface area contributed by atoms with Crippen molar-refractivity contribution >= 4 is 29.2 Å². The minimum absolute atomic E-state index is 0.231. The first-order valence-corrected chi connectivity index (χ1v) is 5.71. The highest BCUT2D eigenvalue weighted by Crippen LogP contribution is 2.12. The van der Waals surface area contributed by atoms with E-state index in [4.69, 9.17) is 28.3 Å². The summed E-state index contributed by atoms with van der Waals surface area (Å²) in [5.41, 5.74) is -2.21. The van der Waals surface area contributed by atoms with Gasteiger partial charge in [0.05, 0.1) is 5.69 Å². The van der Waals surface area contributed by atoms with Crippen LogP contribution < -0.4 is 11.2 Å². The Morgan fingerprint density at radius 3 is 2.26 bits per heavy atom. The van der Waals surface area contributed by atoms with E-state index in [1.165, 1.54) is 24.3 Å². The number of aromatic carboxylic acids is 1. The molecule has 19 heavy (non-hydrogen) atoms. The number of carboxylic acid groups (broad SMARTS) is 1. The van der Waals surface area contributed by atoms with Gasteiger partial charge in [-0.2, -0.15) is 0 Å². The first-order valence-electron chi connectivity index (χ1n) is 4.96. The van der Waals surface area contributed by atoms with Crippen LogP contribution in [0, 0.1) is 0 Å². The summed E-state index contributed by atoms with van der Waals surface area (Å²) in [6.07, 6.45) is 0. The van der Waals surface area contributed by atoms with Crippen LogP contribution in [0.15, 0.2) is 33.9 Å². The Morgan fingerprint density at radius 1 is 1.16 bits per heavy atom. The summed E-state index contributed by atoms with van der Waals surface area (Å²) in [6.45, 7) is 0. The lowest BCUT2D eigenvalue weighted by Crippen LogP contribution is -2.36. The fourth-order valence-electron chi connectivity index (χ4n) is 1.49. The van der Waals surface area contributed by atoms with E-state index in [1.807, 2.05) is 4.98 Å². The van der Waals surface area contributed by atoms with Gasteiger partial charge in [-0.15, -0.1) is 0 Å². The van der Waals surface area contributed by atoms with Crippen LogP contribution in [-0.4, -0.2) is 20.6 Å². The Kier molecular flexibility index (Phi) is 3.46. The van der Waals surface area contributed by atoms with Gasteiger partial charge in [-0.25, -0.2) is 14.2 Å². The van der Waals surface area contributed by atoms with Gasteiger partial charge >= 0.3 is 11.7 Å². The van der Waals surface area contributed by atoms with Crippen LogP contribution in [-0.2, 0) is 0 Å². The quantitative estimate of drug-likeness (QED) is 0.880. The molecule has 0 radical (unpaired) electrons. The predicted molar refractivity (Wildman–Crippen MR) is 69.6 cm³/mol. The maximum absolute atomic E-state index is 11.9. The molecule has 1 aromatic heterocycles. The fourth-order valence-corrected chi connectivity index (χ4v) is 1.83. The maximum atomic E-state index is 11.9. The Labute approximate surface area is 115 Å². The van der Waals surface area contributed by atoms with Gasteiger partial charge in [-0.3, -0.25) is 9.78 Å². The lowest BCUT2D eigenvalue weighted by atomic mass is 10.3. The van der Waals surface area contributed by atoms with Gasteiger partial charge in [0.2, 0.25) is 0 Å². The second-order valence-corrected chi connectivity index (χ2v) is 4.36. The fraction of sp³-hybridized carbons (Fsp3) is 0. The molecule has 0 fully saturated rings.